The van der Waals surface area contributed by atoms with Gasteiger partial charge in [0.15, 0.2) is 0 Å². The van der Waals surface area contributed by atoms with Gasteiger partial charge in [-0.15, -0.1) is 0 Å². The van der Waals surface area contributed by atoms with Crippen molar-refractivity contribution in [3.05, 3.63) is 54.2 Å². The van der Waals surface area contributed by atoms with Gasteiger partial charge in [-0.25, -0.2) is 4.98 Å². The molecule has 0 aliphatic heterocycles. The van der Waals surface area contributed by atoms with Gasteiger partial charge < -0.3 is 14.3 Å². The zero-order valence-corrected chi connectivity index (χ0v) is 11.9. The maximum Gasteiger partial charge on any atom is 0.222 e. The molecule has 1 aromatic carbocycles. The monoisotopic (exact) mass is 283 g/mol. The van der Waals surface area contributed by atoms with Crippen molar-refractivity contribution >= 4 is 16.9 Å². The van der Waals surface area contributed by atoms with Crippen LogP contribution in [0.1, 0.15) is 17.8 Å². The van der Waals surface area contributed by atoms with Gasteiger partial charge in [0.05, 0.1) is 23.6 Å². The van der Waals surface area contributed by atoms with Gasteiger partial charge in [-0.1, -0.05) is 12.1 Å². The number of nitrogens with one attached hydrogen (secondary N) is 1. The van der Waals surface area contributed by atoms with E-state index in [9.17, 15) is 4.79 Å². The van der Waals surface area contributed by atoms with Crippen LogP contribution in [0.3, 0.4) is 0 Å². The van der Waals surface area contributed by atoms with E-state index >= 15 is 0 Å². The maximum atomic E-state index is 11.9. The number of furan rings is 1. The Balaban J connectivity index is 1.61. The lowest BCUT2D eigenvalue weighted by atomic mass is 10.3. The first-order chi connectivity index (χ1) is 10.2. The van der Waals surface area contributed by atoms with E-state index < -0.39 is 0 Å². The van der Waals surface area contributed by atoms with E-state index in [4.69, 9.17) is 4.42 Å². The molecule has 0 spiro atoms. The first kappa shape index (κ1) is 13.4. The third-order valence-electron chi connectivity index (χ3n) is 3.48. The number of amides is 1. The van der Waals surface area contributed by atoms with Crippen molar-refractivity contribution in [2.24, 2.45) is 0 Å². The predicted molar refractivity (Wildman–Crippen MR) is 79.6 cm³/mol. The number of rotatable bonds is 5. The second-order valence-corrected chi connectivity index (χ2v) is 4.96. The summed E-state index contributed by atoms with van der Waals surface area (Å²) >= 11 is 0. The Morgan fingerprint density at radius 2 is 2.19 bits per heavy atom. The number of aryl methyl sites for hydroxylation is 2. The van der Waals surface area contributed by atoms with Crippen LogP contribution in [0.5, 0.6) is 0 Å². The summed E-state index contributed by atoms with van der Waals surface area (Å²) in [5.41, 5.74) is 3.00. The summed E-state index contributed by atoms with van der Waals surface area (Å²) < 4.78 is 7.04. The molecule has 5 heteroatoms. The Kier molecular flexibility index (Phi) is 3.73. The zero-order chi connectivity index (χ0) is 14.7. The summed E-state index contributed by atoms with van der Waals surface area (Å²) in [6.45, 7) is 3.09. The number of fused-ring (bicyclic) bond motifs is 1. The first-order valence-corrected chi connectivity index (χ1v) is 6.93. The SMILES string of the molecule is Cc1nc2ccccc2n1CCC(=O)NCc1ccoc1. The zero-order valence-electron chi connectivity index (χ0n) is 11.9. The van der Waals surface area contributed by atoms with Crippen LogP contribution in [0.4, 0.5) is 0 Å². The second-order valence-electron chi connectivity index (χ2n) is 4.96. The fourth-order valence-corrected chi connectivity index (χ4v) is 2.37. The van der Waals surface area contributed by atoms with Gasteiger partial charge in [-0.05, 0) is 25.1 Å². The number of imidazole rings is 1. The van der Waals surface area contributed by atoms with Gasteiger partial charge in [-0.2, -0.15) is 0 Å². The van der Waals surface area contributed by atoms with Crippen LogP contribution < -0.4 is 5.32 Å². The summed E-state index contributed by atoms with van der Waals surface area (Å²) in [6, 6.07) is 9.81. The Morgan fingerprint density at radius 3 is 3.00 bits per heavy atom. The third kappa shape index (κ3) is 2.97. The van der Waals surface area contributed by atoms with Crippen molar-refractivity contribution in [2.45, 2.75) is 26.4 Å². The van der Waals surface area contributed by atoms with Crippen LogP contribution in [-0.2, 0) is 17.9 Å². The van der Waals surface area contributed by atoms with Crippen LogP contribution >= 0.6 is 0 Å². The van der Waals surface area contributed by atoms with Gasteiger partial charge in [0.1, 0.15) is 5.82 Å². The van der Waals surface area contributed by atoms with Crippen molar-refractivity contribution in [3.63, 3.8) is 0 Å². The quantitative estimate of drug-likeness (QED) is 0.783. The Bertz CT molecular complexity index is 744. The number of hydrogen-bond donors (Lipinski definition) is 1. The normalized spacial score (nSPS) is 10.9. The molecule has 3 rings (SSSR count). The molecule has 2 heterocycles. The second kappa shape index (κ2) is 5.83. The van der Waals surface area contributed by atoms with Crippen LogP contribution in [0.15, 0.2) is 47.3 Å². The molecule has 1 amide bonds. The number of para-hydroxylation sites is 2. The standard InChI is InChI=1S/C16H17N3O2/c1-12-18-14-4-2-3-5-15(14)19(12)8-6-16(20)17-10-13-7-9-21-11-13/h2-5,7,9,11H,6,8,10H2,1H3,(H,17,20). The van der Waals surface area contributed by atoms with E-state index in [0.717, 1.165) is 22.4 Å². The Labute approximate surface area is 122 Å². The fourth-order valence-electron chi connectivity index (χ4n) is 2.37. The molecule has 0 saturated heterocycles. The summed E-state index contributed by atoms with van der Waals surface area (Å²) in [7, 11) is 0. The van der Waals surface area contributed by atoms with Crippen LogP contribution in [0, 0.1) is 6.92 Å². The molecular weight excluding hydrogens is 266 g/mol. The molecule has 1 N–H and O–H groups in total. The predicted octanol–water partition coefficient (Wildman–Crippen LogP) is 2.64. The van der Waals surface area contributed by atoms with Crippen LogP contribution in [0.2, 0.25) is 0 Å². The average Bonchev–Trinajstić information content (AvgIpc) is 3.10. The average molecular weight is 283 g/mol. The van der Waals surface area contributed by atoms with Crippen molar-refractivity contribution in [3.8, 4) is 0 Å². The molecule has 2 aromatic heterocycles. The van der Waals surface area contributed by atoms with Crippen LogP contribution in [-0.4, -0.2) is 15.5 Å². The number of carbonyl (C=O) groups excluding carboxylic acids is 1. The van der Waals surface area contributed by atoms with E-state index in [-0.39, 0.29) is 5.91 Å². The van der Waals surface area contributed by atoms with E-state index in [1.807, 2.05) is 37.3 Å². The minimum Gasteiger partial charge on any atom is -0.472 e. The summed E-state index contributed by atoms with van der Waals surface area (Å²) in [6.07, 6.45) is 3.66. The lowest BCUT2D eigenvalue weighted by Gasteiger charge is -2.07. The summed E-state index contributed by atoms with van der Waals surface area (Å²) in [5.74, 6) is 0.951. The van der Waals surface area contributed by atoms with E-state index in [1.54, 1.807) is 12.5 Å². The van der Waals surface area contributed by atoms with Gasteiger partial charge in [0, 0.05) is 25.1 Å². The highest BCUT2D eigenvalue weighted by Crippen LogP contribution is 2.15. The minimum absolute atomic E-state index is 0.0216. The Hall–Kier alpha value is -2.56. The van der Waals surface area contributed by atoms with Gasteiger partial charge in [0.2, 0.25) is 5.91 Å². The topological polar surface area (TPSA) is 60.1 Å². The molecule has 0 fully saturated rings. The van der Waals surface area contributed by atoms with Crippen molar-refractivity contribution in [2.75, 3.05) is 0 Å². The van der Waals surface area contributed by atoms with Gasteiger partial charge in [-0.3, -0.25) is 4.79 Å². The van der Waals surface area contributed by atoms with Gasteiger partial charge >= 0.3 is 0 Å². The number of nitrogens with zero attached hydrogens (tertiary/aromatic N) is 2. The lowest BCUT2D eigenvalue weighted by Crippen LogP contribution is -2.23. The highest BCUT2D eigenvalue weighted by molar-refractivity contribution is 5.77. The molecular formula is C16H17N3O2. The van der Waals surface area contributed by atoms with Crippen molar-refractivity contribution < 1.29 is 9.21 Å². The molecule has 5 nitrogen and oxygen atoms in total. The molecule has 0 bridgehead atoms. The molecule has 0 unspecified atom stereocenters. The number of aromatic nitrogens is 2. The van der Waals surface area contributed by atoms with E-state index in [2.05, 4.69) is 14.9 Å². The molecule has 3 aromatic rings. The van der Waals surface area contributed by atoms with Gasteiger partial charge in [0.25, 0.3) is 0 Å². The highest BCUT2D eigenvalue weighted by Gasteiger charge is 2.08. The minimum atomic E-state index is 0.0216. The fraction of sp³-hybridized carbons (Fsp3) is 0.250. The number of benzene rings is 1. The molecule has 21 heavy (non-hydrogen) atoms. The molecule has 0 saturated carbocycles. The van der Waals surface area contributed by atoms with Crippen LogP contribution in [0.25, 0.3) is 11.0 Å². The molecule has 108 valence electrons. The molecule has 0 aliphatic carbocycles. The summed E-state index contributed by atoms with van der Waals surface area (Å²) in [4.78, 5) is 16.4. The highest BCUT2D eigenvalue weighted by atomic mass is 16.3. The first-order valence-electron chi connectivity index (χ1n) is 6.93. The van der Waals surface area contributed by atoms with Crippen molar-refractivity contribution in [1.29, 1.82) is 0 Å². The number of hydrogen-bond acceptors (Lipinski definition) is 3. The third-order valence-corrected chi connectivity index (χ3v) is 3.48. The number of carbonyl (C=O) groups is 1. The molecule has 0 atom stereocenters. The van der Waals surface area contributed by atoms with E-state index in [0.29, 0.717) is 19.5 Å². The molecule has 0 radical (unpaired) electrons. The van der Waals surface area contributed by atoms with Crippen molar-refractivity contribution in [1.82, 2.24) is 14.9 Å². The summed E-state index contributed by atoms with van der Waals surface area (Å²) in [5, 5.41) is 2.88. The molecule has 0 aliphatic rings. The lowest BCUT2D eigenvalue weighted by molar-refractivity contribution is -0.121. The Morgan fingerprint density at radius 1 is 1.33 bits per heavy atom. The van der Waals surface area contributed by atoms with E-state index in [1.165, 1.54) is 0 Å². The largest absolute Gasteiger partial charge is 0.472 e. The smallest absolute Gasteiger partial charge is 0.222 e. The maximum absolute atomic E-state index is 11.9.